The number of hydrogen-bond acceptors (Lipinski definition) is 6. The van der Waals surface area contributed by atoms with Crippen molar-refractivity contribution in [1.29, 1.82) is 0 Å². The van der Waals surface area contributed by atoms with Crippen molar-refractivity contribution in [2.45, 2.75) is 36.6 Å². The lowest BCUT2D eigenvalue weighted by atomic mass is 10.2. The number of fused-ring (bicyclic) bond motifs is 1. The SMILES string of the molecule is Cn1c(-c2cn(C3CC3(F)F)nc2C(F)(F)F)cnc1C(=O)Nc1ccc(C(=O)NC2[C@H]3CN(C(=O)NC(CN)CCl)C[C@@H]23)c(Cl)c1. The van der Waals surface area contributed by atoms with Crippen LogP contribution in [0.3, 0.4) is 0 Å². The Morgan fingerprint density at radius 3 is 2.43 bits per heavy atom. The molecule has 12 nitrogen and oxygen atoms in total. The molecule has 0 radical (unpaired) electrons. The zero-order valence-corrected chi connectivity index (χ0v) is 26.0. The van der Waals surface area contributed by atoms with E-state index in [0.29, 0.717) is 17.8 Å². The van der Waals surface area contributed by atoms with E-state index in [1.54, 1.807) is 4.90 Å². The molecule has 2 aromatic heterocycles. The molecule has 3 fully saturated rings. The zero-order valence-electron chi connectivity index (χ0n) is 24.5. The number of aromatic nitrogens is 4. The second-order valence-corrected chi connectivity index (χ2v) is 12.5. The Labute approximate surface area is 273 Å². The normalized spacial score (nSPS) is 23.2. The van der Waals surface area contributed by atoms with Crippen molar-refractivity contribution in [3.05, 3.63) is 52.7 Å². The van der Waals surface area contributed by atoms with Crippen LogP contribution in [-0.2, 0) is 13.2 Å². The average molecular weight is 704 g/mol. The maximum Gasteiger partial charge on any atom is 0.435 e. The van der Waals surface area contributed by atoms with Gasteiger partial charge in [0.2, 0.25) is 0 Å². The first-order chi connectivity index (χ1) is 22.1. The third-order valence-corrected chi connectivity index (χ3v) is 9.31. The summed E-state index contributed by atoms with van der Waals surface area (Å²) in [6.07, 6.45) is -3.68. The maximum atomic E-state index is 13.7. The first kappa shape index (κ1) is 33.0. The minimum absolute atomic E-state index is 0.0284. The number of alkyl halides is 6. The summed E-state index contributed by atoms with van der Waals surface area (Å²) in [7, 11) is 1.30. The van der Waals surface area contributed by atoms with Gasteiger partial charge in [0, 0.05) is 68.7 Å². The molecular formula is C28H28Cl2F5N9O3. The van der Waals surface area contributed by atoms with E-state index in [1.165, 1.54) is 25.2 Å². The molecule has 5 atom stereocenters. The molecule has 6 rings (SSSR count). The van der Waals surface area contributed by atoms with Crippen LogP contribution >= 0.6 is 23.2 Å². The molecule has 3 heterocycles. The summed E-state index contributed by atoms with van der Waals surface area (Å²) >= 11 is 12.1. The molecule has 0 bridgehead atoms. The molecule has 3 aromatic rings. The van der Waals surface area contributed by atoms with E-state index in [2.05, 4.69) is 26.0 Å². The van der Waals surface area contributed by atoms with Crippen LogP contribution in [0.1, 0.15) is 39.1 Å². The second-order valence-electron chi connectivity index (χ2n) is 11.8. The number of urea groups is 1. The Balaban J connectivity index is 1.08. The molecule has 1 aliphatic heterocycles. The van der Waals surface area contributed by atoms with Crippen LogP contribution in [0.15, 0.2) is 30.6 Å². The molecule has 2 saturated carbocycles. The molecule has 47 heavy (non-hydrogen) atoms. The number of benzene rings is 1. The molecule has 2 aliphatic carbocycles. The van der Waals surface area contributed by atoms with Gasteiger partial charge in [0.25, 0.3) is 17.7 Å². The first-order valence-electron chi connectivity index (χ1n) is 14.4. The molecule has 19 heteroatoms. The van der Waals surface area contributed by atoms with Crippen LogP contribution in [-0.4, -0.2) is 85.6 Å². The fraction of sp³-hybridized carbons (Fsp3) is 0.464. The van der Waals surface area contributed by atoms with E-state index < -0.39 is 47.6 Å². The Morgan fingerprint density at radius 2 is 1.85 bits per heavy atom. The van der Waals surface area contributed by atoms with E-state index in [0.717, 1.165) is 17.0 Å². The standard InChI is InChI=1S/C28H28Cl2F5N9O3/c1-42-19(17-11-44(20-5-27(20,31)32)41-22(17)28(33,34)35)8-37-23(42)25(46)38-12-2-3-14(18(30)4-12)24(45)40-21-15-9-43(10-16(15)21)26(47)39-13(6-29)7-36/h2-4,8,11,13,15-16,20-21H,5-7,9-10,36H2,1H3,(H,38,46)(H,39,47)(H,40,45)/t13?,15-,16+,20?,21?. The highest BCUT2D eigenvalue weighted by Crippen LogP contribution is 2.53. The monoisotopic (exact) mass is 703 g/mol. The van der Waals surface area contributed by atoms with Crippen molar-refractivity contribution in [3.8, 4) is 11.3 Å². The number of amides is 4. The van der Waals surface area contributed by atoms with E-state index >= 15 is 0 Å². The number of hydrogen-bond donors (Lipinski definition) is 4. The number of piperidine rings is 1. The van der Waals surface area contributed by atoms with Crippen molar-refractivity contribution >= 4 is 46.7 Å². The van der Waals surface area contributed by atoms with Crippen molar-refractivity contribution < 1.29 is 36.3 Å². The Hall–Kier alpha value is -3.96. The fourth-order valence-electron chi connectivity index (χ4n) is 5.83. The number of anilines is 1. The number of rotatable bonds is 9. The van der Waals surface area contributed by atoms with E-state index in [4.69, 9.17) is 28.9 Å². The highest BCUT2D eigenvalue weighted by Gasteiger charge is 2.60. The zero-order chi connectivity index (χ0) is 34.0. The van der Waals surface area contributed by atoms with Gasteiger partial charge >= 0.3 is 12.2 Å². The number of carbonyl (C=O) groups is 3. The lowest BCUT2D eigenvalue weighted by Crippen LogP contribution is -2.49. The van der Waals surface area contributed by atoms with Crippen LogP contribution in [0.25, 0.3) is 11.3 Å². The number of nitrogens with one attached hydrogen (secondary N) is 3. The van der Waals surface area contributed by atoms with E-state index in [-0.39, 0.29) is 70.2 Å². The van der Waals surface area contributed by atoms with Gasteiger partial charge in [-0.05, 0) is 18.2 Å². The smallest absolute Gasteiger partial charge is 0.349 e. The summed E-state index contributed by atoms with van der Waals surface area (Å²) in [5, 5.41) is 11.6. The van der Waals surface area contributed by atoms with Crippen LogP contribution in [0.5, 0.6) is 0 Å². The van der Waals surface area contributed by atoms with Gasteiger partial charge in [-0.2, -0.15) is 18.3 Å². The second kappa shape index (κ2) is 11.9. The van der Waals surface area contributed by atoms with Crippen LogP contribution in [0.2, 0.25) is 5.02 Å². The van der Waals surface area contributed by atoms with Gasteiger partial charge in [-0.3, -0.25) is 14.3 Å². The molecular weight excluding hydrogens is 676 g/mol. The number of nitrogens with two attached hydrogens (primary N) is 1. The molecule has 5 N–H and O–H groups in total. The van der Waals surface area contributed by atoms with Crippen LogP contribution < -0.4 is 21.7 Å². The van der Waals surface area contributed by atoms with Gasteiger partial charge in [-0.25, -0.2) is 18.6 Å². The highest BCUT2D eigenvalue weighted by molar-refractivity contribution is 6.34. The van der Waals surface area contributed by atoms with E-state index in [9.17, 15) is 36.3 Å². The first-order valence-corrected chi connectivity index (χ1v) is 15.3. The number of likely N-dealkylation sites (tertiary alicyclic amines) is 1. The van der Waals surface area contributed by atoms with Crippen LogP contribution in [0, 0.1) is 11.8 Å². The molecule has 1 aromatic carbocycles. The summed E-state index contributed by atoms with van der Waals surface area (Å²) in [5.41, 5.74) is 3.86. The lowest BCUT2D eigenvalue weighted by molar-refractivity contribution is -0.141. The van der Waals surface area contributed by atoms with Crippen molar-refractivity contribution in [3.63, 3.8) is 0 Å². The molecule has 1 saturated heterocycles. The summed E-state index contributed by atoms with van der Waals surface area (Å²) in [5.74, 6) is -4.29. The minimum Gasteiger partial charge on any atom is -0.349 e. The Bertz CT molecular complexity index is 1730. The maximum absolute atomic E-state index is 13.7. The lowest BCUT2D eigenvalue weighted by Gasteiger charge is -2.23. The minimum atomic E-state index is -4.95. The number of carbonyl (C=O) groups excluding carboxylic acids is 3. The number of nitrogens with zero attached hydrogens (tertiary/aromatic N) is 5. The molecule has 252 valence electrons. The topological polar surface area (TPSA) is 152 Å². The third-order valence-electron chi connectivity index (χ3n) is 8.63. The van der Waals surface area contributed by atoms with Crippen molar-refractivity contribution in [2.24, 2.45) is 24.6 Å². The Morgan fingerprint density at radius 1 is 1.17 bits per heavy atom. The summed E-state index contributed by atoms with van der Waals surface area (Å²) in [6, 6.07) is 1.96. The fourth-order valence-corrected chi connectivity index (χ4v) is 6.30. The highest BCUT2D eigenvalue weighted by atomic mass is 35.5. The molecule has 3 unspecified atom stereocenters. The molecule has 0 spiro atoms. The van der Waals surface area contributed by atoms with Crippen molar-refractivity contribution in [2.75, 3.05) is 30.8 Å². The van der Waals surface area contributed by atoms with Crippen LogP contribution in [0.4, 0.5) is 32.4 Å². The largest absolute Gasteiger partial charge is 0.435 e. The molecule has 4 amide bonds. The summed E-state index contributed by atoms with van der Waals surface area (Å²) in [6.45, 7) is 1.14. The van der Waals surface area contributed by atoms with Gasteiger partial charge in [0.15, 0.2) is 11.5 Å². The van der Waals surface area contributed by atoms with Gasteiger partial charge in [0.05, 0.1) is 34.1 Å². The van der Waals surface area contributed by atoms with Crippen molar-refractivity contribution in [1.82, 2.24) is 34.9 Å². The van der Waals surface area contributed by atoms with Gasteiger partial charge < -0.3 is 31.2 Å². The summed E-state index contributed by atoms with van der Waals surface area (Å²) < 4.78 is 70.0. The molecule has 3 aliphatic rings. The quantitative estimate of drug-likeness (QED) is 0.197. The number of imidazole rings is 1. The van der Waals surface area contributed by atoms with Gasteiger partial charge in [-0.1, -0.05) is 11.6 Å². The predicted octanol–water partition coefficient (Wildman–Crippen LogP) is 3.72. The average Bonchev–Trinajstić information content (AvgIpc) is 3.50. The van der Waals surface area contributed by atoms with Gasteiger partial charge in [-0.15, -0.1) is 11.6 Å². The Kier molecular flexibility index (Phi) is 8.37. The van der Waals surface area contributed by atoms with E-state index in [1.807, 2.05) is 0 Å². The predicted molar refractivity (Wildman–Crippen MR) is 159 cm³/mol. The summed E-state index contributed by atoms with van der Waals surface area (Å²) in [4.78, 5) is 44.0. The van der Waals surface area contributed by atoms with Gasteiger partial charge in [0.1, 0.15) is 6.04 Å². The number of halogens is 7. The third kappa shape index (κ3) is 6.35.